The van der Waals surface area contributed by atoms with Gasteiger partial charge in [0, 0.05) is 24.7 Å². The molecule has 1 amide bonds. The third-order valence-electron chi connectivity index (χ3n) is 3.96. The third-order valence-corrected chi connectivity index (χ3v) is 4.19. The SMILES string of the molecule is CCN(Cc1ccc(CN(C)C)cc1)C(=O)c1ccc(Cl)cc1OC. The van der Waals surface area contributed by atoms with Crippen molar-refractivity contribution >= 4 is 17.5 Å². The van der Waals surface area contributed by atoms with Crippen molar-refractivity contribution in [2.75, 3.05) is 27.7 Å². The van der Waals surface area contributed by atoms with Gasteiger partial charge in [-0.25, -0.2) is 0 Å². The van der Waals surface area contributed by atoms with Gasteiger partial charge in [-0.15, -0.1) is 0 Å². The maximum Gasteiger partial charge on any atom is 0.257 e. The maximum absolute atomic E-state index is 12.9. The highest BCUT2D eigenvalue weighted by Crippen LogP contribution is 2.25. The summed E-state index contributed by atoms with van der Waals surface area (Å²) in [7, 11) is 5.64. The van der Waals surface area contributed by atoms with Crippen LogP contribution in [0.2, 0.25) is 5.02 Å². The molecule has 0 saturated heterocycles. The van der Waals surface area contributed by atoms with Gasteiger partial charge in [0.1, 0.15) is 5.75 Å². The van der Waals surface area contributed by atoms with E-state index >= 15 is 0 Å². The van der Waals surface area contributed by atoms with Crippen molar-refractivity contribution in [2.45, 2.75) is 20.0 Å². The molecule has 0 aliphatic rings. The van der Waals surface area contributed by atoms with Crippen LogP contribution in [-0.2, 0) is 13.1 Å². The number of hydrogen-bond donors (Lipinski definition) is 0. The zero-order valence-corrected chi connectivity index (χ0v) is 16.0. The van der Waals surface area contributed by atoms with Crippen molar-refractivity contribution in [3.05, 3.63) is 64.2 Å². The Morgan fingerprint density at radius 1 is 1.04 bits per heavy atom. The molecule has 0 atom stereocenters. The fraction of sp³-hybridized carbons (Fsp3) is 0.350. The summed E-state index contributed by atoms with van der Waals surface area (Å²) in [5.41, 5.74) is 2.88. The van der Waals surface area contributed by atoms with Gasteiger partial charge in [-0.3, -0.25) is 4.79 Å². The molecule has 2 aromatic carbocycles. The lowest BCUT2D eigenvalue weighted by Gasteiger charge is -2.22. The molecule has 0 spiro atoms. The van der Waals surface area contributed by atoms with Crippen LogP contribution in [-0.4, -0.2) is 43.5 Å². The normalized spacial score (nSPS) is 10.8. The first-order chi connectivity index (χ1) is 11.9. The molecule has 0 fully saturated rings. The summed E-state index contributed by atoms with van der Waals surface area (Å²) >= 11 is 5.99. The molecule has 0 unspecified atom stereocenters. The zero-order valence-electron chi connectivity index (χ0n) is 15.3. The molecule has 134 valence electrons. The highest BCUT2D eigenvalue weighted by Gasteiger charge is 2.19. The summed E-state index contributed by atoms with van der Waals surface area (Å²) < 4.78 is 5.31. The number of benzene rings is 2. The van der Waals surface area contributed by atoms with Gasteiger partial charge in [0.2, 0.25) is 0 Å². The first kappa shape index (κ1) is 19.3. The molecule has 2 rings (SSSR count). The van der Waals surface area contributed by atoms with Gasteiger partial charge in [-0.05, 0) is 50.3 Å². The van der Waals surface area contributed by atoms with Crippen LogP contribution in [0.1, 0.15) is 28.4 Å². The number of ether oxygens (including phenoxy) is 1. The average Bonchev–Trinajstić information content (AvgIpc) is 2.60. The standard InChI is InChI=1S/C20H25ClN2O2/c1-5-23(14-16-8-6-15(7-9-16)13-22(2)3)20(24)18-11-10-17(21)12-19(18)25-4/h6-12H,5,13-14H2,1-4H3. The van der Waals surface area contributed by atoms with E-state index in [-0.39, 0.29) is 5.91 Å². The molecule has 0 aliphatic carbocycles. The minimum atomic E-state index is -0.0617. The van der Waals surface area contributed by atoms with Crippen molar-refractivity contribution in [3.63, 3.8) is 0 Å². The number of rotatable bonds is 7. The van der Waals surface area contributed by atoms with Crippen molar-refractivity contribution in [2.24, 2.45) is 0 Å². The van der Waals surface area contributed by atoms with Crippen molar-refractivity contribution in [1.29, 1.82) is 0 Å². The summed E-state index contributed by atoms with van der Waals surface area (Å²) in [4.78, 5) is 16.8. The smallest absolute Gasteiger partial charge is 0.257 e. The van der Waals surface area contributed by atoms with Crippen LogP contribution in [0, 0.1) is 0 Å². The summed E-state index contributed by atoms with van der Waals surface area (Å²) in [6.07, 6.45) is 0. The minimum absolute atomic E-state index is 0.0617. The number of carbonyl (C=O) groups is 1. The molecule has 0 saturated carbocycles. The van der Waals surface area contributed by atoms with Gasteiger partial charge < -0.3 is 14.5 Å². The van der Waals surface area contributed by atoms with E-state index in [0.29, 0.717) is 29.4 Å². The fourth-order valence-corrected chi connectivity index (χ4v) is 2.84. The van der Waals surface area contributed by atoms with Crippen LogP contribution in [0.4, 0.5) is 0 Å². The van der Waals surface area contributed by atoms with Crippen LogP contribution < -0.4 is 4.74 Å². The van der Waals surface area contributed by atoms with Crippen LogP contribution in [0.3, 0.4) is 0 Å². The molecule has 0 bridgehead atoms. The van der Waals surface area contributed by atoms with Gasteiger partial charge in [-0.1, -0.05) is 35.9 Å². The summed E-state index contributed by atoms with van der Waals surface area (Å²) in [6.45, 7) is 4.05. The Labute approximate surface area is 155 Å². The Bertz CT molecular complexity index is 714. The molecule has 0 heterocycles. The lowest BCUT2D eigenvalue weighted by Crippen LogP contribution is -2.30. The summed E-state index contributed by atoms with van der Waals surface area (Å²) in [6, 6.07) is 13.5. The summed E-state index contributed by atoms with van der Waals surface area (Å²) in [5.74, 6) is 0.436. The second kappa shape index (κ2) is 8.88. The van der Waals surface area contributed by atoms with Crippen molar-refractivity contribution in [3.8, 4) is 5.75 Å². The number of carbonyl (C=O) groups excluding carboxylic acids is 1. The average molecular weight is 361 g/mol. The van der Waals surface area contributed by atoms with E-state index in [0.717, 1.165) is 12.1 Å². The second-order valence-electron chi connectivity index (χ2n) is 6.22. The van der Waals surface area contributed by atoms with Gasteiger partial charge in [0.05, 0.1) is 12.7 Å². The Morgan fingerprint density at radius 3 is 2.16 bits per heavy atom. The van der Waals surface area contributed by atoms with Crippen LogP contribution in [0.15, 0.2) is 42.5 Å². The van der Waals surface area contributed by atoms with Crippen LogP contribution >= 0.6 is 11.6 Å². The van der Waals surface area contributed by atoms with Crippen LogP contribution in [0.25, 0.3) is 0 Å². The minimum Gasteiger partial charge on any atom is -0.496 e. The Morgan fingerprint density at radius 2 is 1.64 bits per heavy atom. The molecular weight excluding hydrogens is 336 g/mol. The molecule has 0 N–H and O–H groups in total. The lowest BCUT2D eigenvalue weighted by atomic mass is 10.1. The van der Waals surface area contributed by atoms with Crippen molar-refractivity contribution in [1.82, 2.24) is 9.80 Å². The number of amides is 1. The number of nitrogens with zero attached hydrogens (tertiary/aromatic N) is 2. The highest BCUT2D eigenvalue weighted by atomic mass is 35.5. The van der Waals surface area contributed by atoms with E-state index in [2.05, 4.69) is 29.2 Å². The predicted molar refractivity (Wildman–Crippen MR) is 102 cm³/mol. The van der Waals surface area contributed by atoms with E-state index in [9.17, 15) is 4.79 Å². The molecular formula is C20H25ClN2O2. The fourth-order valence-electron chi connectivity index (χ4n) is 2.67. The topological polar surface area (TPSA) is 32.8 Å². The third kappa shape index (κ3) is 5.21. The molecule has 5 heteroatoms. The molecule has 2 aromatic rings. The quantitative estimate of drug-likeness (QED) is 0.746. The first-order valence-corrected chi connectivity index (χ1v) is 8.67. The molecule has 0 radical (unpaired) electrons. The van der Waals surface area contributed by atoms with Gasteiger partial charge in [0.15, 0.2) is 0 Å². The first-order valence-electron chi connectivity index (χ1n) is 8.30. The molecule has 4 nitrogen and oxygen atoms in total. The summed E-state index contributed by atoms with van der Waals surface area (Å²) in [5, 5.41) is 0.549. The largest absolute Gasteiger partial charge is 0.496 e. The molecule has 0 aliphatic heterocycles. The van der Waals surface area contributed by atoms with Gasteiger partial charge in [-0.2, -0.15) is 0 Å². The second-order valence-corrected chi connectivity index (χ2v) is 6.65. The number of hydrogen-bond acceptors (Lipinski definition) is 3. The Kier molecular flexibility index (Phi) is 6.85. The zero-order chi connectivity index (χ0) is 18.4. The van der Waals surface area contributed by atoms with E-state index in [1.807, 2.05) is 21.0 Å². The van der Waals surface area contributed by atoms with Gasteiger partial charge >= 0.3 is 0 Å². The van der Waals surface area contributed by atoms with E-state index in [4.69, 9.17) is 16.3 Å². The van der Waals surface area contributed by atoms with Crippen LogP contribution in [0.5, 0.6) is 5.75 Å². The van der Waals surface area contributed by atoms with Gasteiger partial charge in [0.25, 0.3) is 5.91 Å². The van der Waals surface area contributed by atoms with Crippen molar-refractivity contribution < 1.29 is 9.53 Å². The maximum atomic E-state index is 12.9. The van der Waals surface area contributed by atoms with E-state index < -0.39 is 0 Å². The monoisotopic (exact) mass is 360 g/mol. The molecule has 25 heavy (non-hydrogen) atoms. The lowest BCUT2D eigenvalue weighted by molar-refractivity contribution is 0.0749. The highest BCUT2D eigenvalue weighted by molar-refractivity contribution is 6.30. The number of methoxy groups -OCH3 is 1. The Balaban J connectivity index is 2.15. The molecule has 0 aromatic heterocycles. The number of halogens is 1. The van der Waals surface area contributed by atoms with E-state index in [1.165, 1.54) is 5.56 Å². The predicted octanol–water partition coefficient (Wildman–Crippen LogP) is 4.07. The Hall–Kier alpha value is -2.04. The van der Waals surface area contributed by atoms with E-state index in [1.54, 1.807) is 30.2 Å².